The zero-order valence-corrected chi connectivity index (χ0v) is 18.1. The van der Waals surface area contributed by atoms with Gasteiger partial charge in [0.15, 0.2) is 0 Å². The number of hydrogen-bond acceptors (Lipinski definition) is 4. The molecular formula is C21H24N4O4S. The molecule has 1 aromatic heterocycles. The number of amides is 1. The van der Waals surface area contributed by atoms with E-state index in [1.807, 2.05) is 18.2 Å². The molecule has 0 spiro atoms. The predicted octanol–water partition coefficient (Wildman–Crippen LogP) is 2.06. The third kappa shape index (κ3) is 4.07. The van der Waals surface area contributed by atoms with Crippen molar-refractivity contribution in [2.45, 2.75) is 13.0 Å². The van der Waals surface area contributed by atoms with Crippen LogP contribution in [0.4, 0.5) is 5.69 Å². The fourth-order valence-electron chi connectivity index (χ4n) is 3.26. The van der Waals surface area contributed by atoms with E-state index in [9.17, 15) is 18.0 Å². The Morgan fingerprint density at radius 3 is 2.10 bits per heavy atom. The Kier molecular flexibility index (Phi) is 5.95. The molecule has 1 atom stereocenters. The fraction of sp³-hybridized carbons (Fsp3) is 0.238. The van der Waals surface area contributed by atoms with E-state index >= 15 is 0 Å². The second-order valence-electron chi connectivity index (χ2n) is 7.02. The third-order valence-corrected chi connectivity index (χ3v) is 6.31. The zero-order chi connectivity index (χ0) is 22.1. The first-order valence-electron chi connectivity index (χ1n) is 9.25. The predicted molar refractivity (Wildman–Crippen MR) is 116 cm³/mol. The van der Waals surface area contributed by atoms with Crippen molar-refractivity contribution in [2.75, 3.05) is 18.6 Å². The Bertz CT molecular complexity index is 1220. The Balaban J connectivity index is 2.04. The Morgan fingerprint density at radius 2 is 1.57 bits per heavy atom. The summed E-state index contributed by atoms with van der Waals surface area (Å²) in [6.07, 6.45) is 1.03. The summed E-state index contributed by atoms with van der Waals surface area (Å²) in [6.45, 7) is 1.72. The van der Waals surface area contributed by atoms with E-state index in [-0.39, 0.29) is 5.69 Å². The number of anilines is 1. The van der Waals surface area contributed by atoms with Crippen molar-refractivity contribution in [2.24, 2.45) is 7.05 Å². The van der Waals surface area contributed by atoms with Gasteiger partial charge in [-0.25, -0.2) is 13.1 Å². The maximum Gasteiger partial charge on any atom is 0.295 e. The molecule has 0 radical (unpaired) electrons. The molecule has 0 aliphatic rings. The molecule has 0 saturated heterocycles. The summed E-state index contributed by atoms with van der Waals surface area (Å²) in [5.41, 5.74) is 1.41. The molecule has 1 heterocycles. The molecule has 0 saturated carbocycles. The van der Waals surface area contributed by atoms with E-state index in [4.69, 9.17) is 0 Å². The number of nitrogens with zero attached hydrogens (tertiary/aromatic N) is 3. The molecule has 30 heavy (non-hydrogen) atoms. The van der Waals surface area contributed by atoms with Crippen molar-refractivity contribution in [3.8, 4) is 5.69 Å². The highest BCUT2D eigenvalue weighted by Crippen LogP contribution is 2.24. The van der Waals surface area contributed by atoms with Crippen LogP contribution in [0.1, 0.15) is 17.3 Å². The number of sulfonamides is 1. The monoisotopic (exact) mass is 428 g/mol. The van der Waals surface area contributed by atoms with E-state index in [2.05, 4.69) is 5.32 Å². The number of para-hydroxylation sites is 1. The minimum Gasteiger partial charge on any atom is -0.318 e. The molecule has 2 aromatic carbocycles. The van der Waals surface area contributed by atoms with Crippen LogP contribution < -0.4 is 10.9 Å². The van der Waals surface area contributed by atoms with Gasteiger partial charge in [0.1, 0.15) is 11.7 Å². The highest BCUT2D eigenvalue weighted by molar-refractivity contribution is 7.88. The lowest BCUT2D eigenvalue weighted by atomic mass is 10.1. The SMILES string of the molecule is Cc1c(NC(=O)[C@@H](c2ccccc2)N(C)S(C)(=O)=O)c(=O)n(-c2ccccc2)n1C. The van der Waals surface area contributed by atoms with Crippen LogP contribution in [0.3, 0.4) is 0 Å². The second kappa shape index (κ2) is 8.29. The van der Waals surface area contributed by atoms with Crippen LogP contribution in [0, 0.1) is 6.92 Å². The fourth-order valence-corrected chi connectivity index (χ4v) is 3.86. The average molecular weight is 429 g/mol. The van der Waals surface area contributed by atoms with E-state index < -0.39 is 27.5 Å². The summed E-state index contributed by atoms with van der Waals surface area (Å²) < 4.78 is 28.4. The van der Waals surface area contributed by atoms with Crippen molar-refractivity contribution < 1.29 is 13.2 Å². The second-order valence-corrected chi connectivity index (χ2v) is 9.06. The number of rotatable bonds is 6. The normalized spacial score (nSPS) is 12.7. The van der Waals surface area contributed by atoms with Crippen LogP contribution in [0.25, 0.3) is 5.69 Å². The molecule has 3 aromatic rings. The van der Waals surface area contributed by atoms with Crippen molar-refractivity contribution in [3.63, 3.8) is 0 Å². The molecule has 158 valence electrons. The number of aromatic nitrogens is 2. The van der Waals surface area contributed by atoms with Crippen LogP contribution >= 0.6 is 0 Å². The number of carbonyl (C=O) groups is 1. The lowest BCUT2D eigenvalue weighted by molar-refractivity contribution is -0.119. The van der Waals surface area contributed by atoms with Crippen LogP contribution in [0.5, 0.6) is 0 Å². The van der Waals surface area contributed by atoms with Gasteiger partial charge < -0.3 is 5.32 Å². The summed E-state index contributed by atoms with van der Waals surface area (Å²) in [5, 5.41) is 2.66. The molecule has 0 aliphatic heterocycles. The lowest BCUT2D eigenvalue weighted by Crippen LogP contribution is -2.38. The number of hydrogen-bond donors (Lipinski definition) is 1. The van der Waals surface area contributed by atoms with Crippen molar-refractivity contribution in [1.29, 1.82) is 0 Å². The standard InChI is InChI=1S/C21H24N4O4S/c1-15-18(21(27)25(23(15)2)17-13-9-6-10-14-17)22-20(26)19(24(3)30(4,28)29)16-11-7-5-8-12-16/h5-14,19H,1-4H3,(H,22,26)/t19-/m1/s1. The molecule has 3 rings (SSSR count). The van der Waals surface area contributed by atoms with Gasteiger partial charge in [0, 0.05) is 14.1 Å². The smallest absolute Gasteiger partial charge is 0.295 e. The summed E-state index contributed by atoms with van der Waals surface area (Å²) in [5.74, 6) is -0.611. The van der Waals surface area contributed by atoms with Gasteiger partial charge in [-0.3, -0.25) is 14.3 Å². The molecule has 9 heteroatoms. The topological polar surface area (TPSA) is 93.4 Å². The number of benzene rings is 2. The molecule has 1 N–H and O–H groups in total. The molecular weight excluding hydrogens is 404 g/mol. The number of nitrogens with one attached hydrogen (secondary N) is 1. The third-order valence-electron chi connectivity index (χ3n) is 5.05. The largest absolute Gasteiger partial charge is 0.318 e. The Morgan fingerprint density at radius 1 is 1.03 bits per heavy atom. The highest BCUT2D eigenvalue weighted by atomic mass is 32.2. The molecule has 0 bridgehead atoms. The lowest BCUT2D eigenvalue weighted by Gasteiger charge is -2.25. The highest BCUT2D eigenvalue weighted by Gasteiger charge is 2.32. The van der Waals surface area contributed by atoms with Gasteiger partial charge in [0.05, 0.1) is 17.6 Å². The molecule has 0 unspecified atom stereocenters. The summed E-state index contributed by atoms with van der Waals surface area (Å²) in [4.78, 5) is 26.3. The number of carbonyl (C=O) groups excluding carboxylic acids is 1. The molecule has 1 amide bonds. The quantitative estimate of drug-likeness (QED) is 0.650. The van der Waals surface area contributed by atoms with Gasteiger partial charge in [-0.1, -0.05) is 48.5 Å². The van der Waals surface area contributed by atoms with E-state index in [0.29, 0.717) is 16.9 Å². The Labute approximate surface area is 175 Å². The van der Waals surface area contributed by atoms with Crippen LogP contribution in [0.2, 0.25) is 0 Å². The maximum absolute atomic E-state index is 13.2. The van der Waals surface area contributed by atoms with Gasteiger partial charge in [-0.15, -0.1) is 0 Å². The van der Waals surface area contributed by atoms with Crippen LogP contribution in [0.15, 0.2) is 65.5 Å². The first-order valence-corrected chi connectivity index (χ1v) is 11.1. The number of likely N-dealkylation sites (N-methyl/N-ethyl adjacent to an activating group) is 1. The first kappa shape index (κ1) is 21.5. The van der Waals surface area contributed by atoms with E-state index in [0.717, 1.165) is 10.6 Å². The first-order chi connectivity index (χ1) is 14.1. The summed E-state index contributed by atoms with van der Waals surface area (Å²) in [6, 6.07) is 16.5. The van der Waals surface area contributed by atoms with E-state index in [1.165, 1.54) is 11.7 Å². The summed E-state index contributed by atoms with van der Waals surface area (Å²) in [7, 11) is -0.611. The molecule has 0 fully saturated rings. The van der Waals surface area contributed by atoms with Crippen molar-refractivity contribution in [1.82, 2.24) is 13.7 Å². The van der Waals surface area contributed by atoms with Gasteiger partial charge in [0.25, 0.3) is 5.56 Å². The average Bonchev–Trinajstić information content (AvgIpc) is 2.92. The van der Waals surface area contributed by atoms with Gasteiger partial charge in [0.2, 0.25) is 15.9 Å². The minimum atomic E-state index is -3.67. The van der Waals surface area contributed by atoms with E-state index in [1.54, 1.807) is 61.1 Å². The van der Waals surface area contributed by atoms with Gasteiger partial charge >= 0.3 is 0 Å². The van der Waals surface area contributed by atoms with Gasteiger partial charge in [-0.2, -0.15) is 4.31 Å². The molecule has 8 nitrogen and oxygen atoms in total. The van der Waals surface area contributed by atoms with Crippen molar-refractivity contribution >= 4 is 21.6 Å². The minimum absolute atomic E-state index is 0.106. The zero-order valence-electron chi connectivity index (χ0n) is 17.2. The van der Waals surface area contributed by atoms with Crippen LogP contribution in [-0.4, -0.2) is 41.3 Å². The van der Waals surface area contributed by atoms with Gasteiger partial charge in [-0.05, 0) is 24.6 Å². The Hall–Kier alpha value is -3.17. The van der Waals surface area contributed by atoms with Crippen LogP contribution in [-0.2, 0) is 21.9 Å². The maximum atomic E-state index is 13.2. The van der Waals surface area contributed by atoms with Crippen molar-refractivity contribution in [3.05, 3.63) is 82.3 Å². The summed E-state index contributed by atoms with van der Waals surface area (Å²) >= 11 is 0. The molecule has 0 aliphatic carbocycles.